The molecule has 0 amide bonds. The van der Waals surface area contributed by atoms with Crippen molar-refractivity contribution < 1.29 is 84.0 Å². The van der Waals surface area contributed by atoms with Crippen molar-refractivity contribution in [3.05, 3.63) is 63.7 Å². The Bertz CT molecular complexity index is 1660. The lowest BCUT2D eigenvalue weighted by Gasteiger charge is -2.38. The normalized spacial score (nSPS) is 23.5. The zero-order chi connectivity index (χ0) is 37.5. The average Bonchev–Trinajstić information content (AvgIpc) is 3.75. The van der Waals surface area contributed by atoms with E-state index in [0.29, 0.717) is 12.8 Å². The van der Waals surface area contributed by atoms with E-state index in [4.69, 9.17) is 14.2 Å². The maximum atomic E-state index is 13.7. The van der Waals surface area contributed by atoms with Crippen LogP contribution in [0.2, 0.25) is 0 Å². The molecule has 0 spiro atoms. The Morgan fingerprint density at radius 2 is 1.63 bits per heavy atom. The number of thiazole rings is 1. The van der Waals surface area contributed by atoms with Gasteiger partial charge in [0.15, 0.2) is 17.6 Å². The predicted molar refractivity (Wildman–Crippen MR) is 154 cm³/mol. The molecule has 21 heteroatoms. The van der Waals surface area contributed by atoms with Crippen molar-refractivity contribution in [2.75, 3.05) is 7.11 Å². The minimum absolute atomic E-state index is 0.0704. The first-order valence-corrected chi connectivity index (χ1v) is 15.6. The van der Waals surface area contributed by atoms with E-state index in [1.165, 1.54) is 30.5 Å². The molecule has 5 rings (SSSR count). The van der Waals surface area contributed by atoms with E-state index >= 15 is 0 Å². The van der Waals surface area contributed by atoms with E-state index < -0.39 is 72.2 Å². The number of benzene rings is 1. The molecule has 1 aliphatic carbocycles. The second kappa shape index (κ2) is 14.6. The van der Waals surface area contributed by atoms with Crippen molar-refractivity contribution in [2.45, 2.75) is 86.6 Å². The van der Waals surface area contributed by atoms with Crippen LogP contribution < -0.4 is 14.2 Å². The first kappa shape index (κ1) is 38.3. The fourth-order valence-electron chi connectivity index (χ4n) is 5.01. The molecule has 1 aliphatic heterocycles. The number of nitrogens with zero attached hydrogens (tertiary/aromatic N) is 2. The van der Waals surface area contributed by atoms with Gasteiger partial charge in [-0.15, -0.1) is 11.3 Å². The average molecular weight is 761 g/mol. The number of aliphatic hydroxyl groups excluding tert-OH is 3. The number of esters is 1. The molecular weight excluding hydrogens is 732 g/mol. The van der Waals surface area contributed by atoms with Gasteiger partial charge in [-0.1, -0.05) is 12.1 Å². The van der Waals surface area contributed by atoms with E-state index in [1.807, 2.05) is 0 Å². The topological polar surface area (TPSA) is 170 Å². The summed E-state index contributed by atoms with van der Waals surface area (Å²) < 4.78 is 134. The Balaban J connectivity index is 1.47. The Morgan fingerprint density at radius 1 is 0.941 bits per heavy atom. The number of carbonyl (C=O) groups is 1. The van der Waals surface area contributed by atoms with Crippen LogP contribution in [0.25, 0.3) is 0 Å². The van der Waals surface area contributed by atoms with Crippen LogP contribution >= 0.6 is 11.3 Å². The number of aliphatic hydroxyl groups is 4. The van der Waals surface area contributed by atoms with Crippen molar-refractivity contribution in [2.24, 2.45) is 0 Å². The van der Waals surface area contributed by atoms with Gasteiger partial charge in [0.2, 0.25) is 12.2 Å². The van der Waals surface area contributed by atoms with Crippen LogP contribution in [0.5, 0.6) is 17.4 Å². The molecule has 0 radical (unpaired) electrons. The van der Waals surface area contributed by atoms with Gasteiger partial charge in [0.05, 0.1) is 13.2 Å². The molecule has 1 saturated heterocycles. The van der Waals surface area contributed by atoms with Crippen LogP contribution in [-0.4, -0.2) is 99.2 Å². The first-order chi connectivity index (χ1) is 23.8. The van der Waals surface area contributed by atoms with Crippen LogP contribution in [0.3, 0.4) is 0 Å². The third kappa shape index (κ3) is 8.12. The van der Waals surface area contributed by atoms with E-state index in [-0.39, 0.29) is 57.2 Å². The van der Waals surface area contributed by atoms with Crippen LogP contribution in [0.1, 0.15) is 39.8 Å². The third-order valence-electron chi connectivity index (χ3n) is 7.88. The predicted octanol–water partition coefficient (Wildman–Crippen LogP) is 3.73. The maximum absolute atomic E-state index is 13.7. The van der Waals surface area contributed by atoms with Crippen LogP contribution in [0, 0.1) is 0 Å². The van der Waals surface area contributed by atoms with Gasteiger partial charge in [-0.05, 0) is 42.5 Å². The number of aromatic nitrogens is 2. The lowest BCUT2D eigenvalue weighted by atomic mass is 9.91. The Labute approximate surface area is 286 Å². The van der Waals surface area contributed by atoms with Crippen molar-refractivity contribution in [3.8, 4) is 17.4 Å². The fraction of sp³-hybridized carbons (Fsp3) is 0.500. The SMILES string of the molecule is COC(=O)C1O[C@@H](Oc2ccc(C[C@@H](c3ccc(OC(F)F)c(OC4CC4)c3)c3cnc(C(O)(C(F)(F)F)C(F)(F)F)s3)cn2)C(O)[C@H](O)[C@@H]1O. The highest BCUT2D eigenvalue weighted by Gasteiger charge is 2.73. The fourth-order valence-corrected chi connectivity index (χ4v) is 6.18. The maximum Gasteiger partial charge on any atom is 0.433 e. The van der Waals surface area contributed by atoms with Gasteiger partial charge in [0, 0.05) is 29.3 Å². The molecule has 51 heavy (non-hydrogen) atoms. The number of carbonyl (C=O) groups excluding carboxylic acids is 1. The van der Waals surface area contributed by atoms with Crippen molar-refractivity contribution >= 4 is 17.3 Å². The lowest BCUT2D eigenvalue weighted by Crippen LogP contribution is -2.61. The number of ether oxygens (including phenoxy) is 5. The number of pyridine rings is 1. The summed E-state index contributed by atoms with van der Waals surface area (Å²) in [5.41, 5.74) is -4.84. The van der Waals surface area contributed by atoms with E-state index in [1.54, 1.807) is 0 Å². The molecule has 6 atom stereocenters. The van der Waals surface area contributed by atoms with Crippen LogP contribution in [-0.2, 0) is 26.3 Å². The molecule has 2 fully saturated rings. The zero-order valence-corrected chi connectivity index (χ0v) is 26.7. The smallest absolute Gasteiger partial charge is 0.433 e. The zero-order valence-electron chi connectivity index (χ0n) is 25.8. The van der Waals surface area contributed by atoms with Crippen molar-refractivity contribution in [1.29, 1.82) is 0 Å². The third-order valence-corrected chi connectivity index (χ3v) is 9.10. The Morgan fingerprint density at radius 3 is 2.20 bits per heavy atom. The molecule has 1 saturated carbocycles. The van der Waals surface area contributed by atoms with Gasteiger partial charge in [-0.25, -0.2) is 14.8 Å². The standard InChI is InChI=1S/C30H28F8N2O10S/c1-46-24(44)23-21(42)20(41)22(43)25(50-23)49-19-7-2-12(10-39-19)8-15(13-3-6-16(48-27(31)32)17(9-13)47-14-4-5-14)18-11-40-26(51-18)28(45,29(33,34)35)30(36,37)38/h2-3,6-7,9-11,14-15,20-23,25,27,41-43,45H,4-5,8H2,1H3/t15-,20+,21-,22?,23?,25+/m0/s1. The second-order valence-corrected chi connectivity index (χ2v) is 12.5. The number of hydrogen-bond donors (Lipinski definition) is 4. The molecule has 280 valence electrons. The van der Waals surface area contributed by atoms with E-state index in [9.17, 15) is 60.3 Å². The molecule has 1 aromatic carbocycles. The summed E-state index contributed by atoms with van der Waals surface area (Å²) in [7, 11) is 0.992. The highest BCUT2D eigenvalue weighted by molar-refractivity contribution is 7.11. The molecule has 12 nitrogen and oxygen atoms in total. The molecule has 4 N–H and O–H groups in total. The van der Waals surface area contributed by atoms with Gasteiger partial charge < -0.3 is 44.1 Å². The highest BCUT2D eigenvalue weighted by Crippen LogP contribution is 2.52. The molecule has 2 aliphatic rings. The second-order valence-electron chi connectivity index (χ2n) is 11.5. The molecule has 0 bridgehead atoms. The summed E-state index contributed by atoms with van der Waals surface area (Å²) in [6, 6.07) is 6.20. The first-order valence-electron chi connectivity index (χ1n) is 14.8. The highest BCUT2D eigenvalue weighted by atomic mass is 32.1. The van der Waals surface area contributed by atoms with E-state index in [2.05, 4.69) is 19.4 Å². The number of methoxy groups -OCH3 is 1. The summed E-state index contributed by atoms with van der Waals surface area (Å²) in [6.07, 6.45) is -18.9. The molecule has 3 aromatic rings. The van der Waals surface area contributed by atoms with E-state index in [0.717, 1.165) is 19.4 Å². The number of hydrogen-bond acceptors (Lipinski definition) is 13. The molecule has 3 heterocycles. The van der Waals surface area contributed by atoms with Gasteiger partial charge in [0.1, 0.15) is 23.3 Å². The quantitative estimate of drug-likeness (QED) is 0.156. The van der Waals surface area contributed by atoms with Gasteiger partial charge in [-0.3, -0.25) is 0 Å². The summed E-state index contributed by atoms with van der Waals surface area (Å²) in [5.74, 6) is -2.97. The van der Waals surface area contributed by atoms with Crippen molar-refractivity contribution in [3.63, 3.8) is 0 Å². The lowest BCUT2D eigenvalue weighted by molar-refractivity contribution is -0.376. The number of rotatable bonds is 12. The monoisotopic (exact) mass is 760 g/mol. The molecule has 2 aromatic heterocycles. The minimum Gasteiger partial charge on any atom is -0.487 e. The van der Waals surface area contributed by atoms with Crippen LogP contribution in [0.4, 0.5) is 35.1 Å². The van der Waals surface area contributed by atoms with Gasteiger partial charge >= 0.3 is 30.5 Å². The Kier molecular flexibility index (Phi) is 11.0. The number of halogens is 8. The Hall–Kier alpha value is -3.89. The summed E-state index contributed by atoms with van der Waals surface area (Å²) >= 11 is -0.0704. The number of alkyl halides is 8. The minimum atomic E-state index is -6.20. The largest absolute Gasteiger partial charge is 0.487 e. The summed E-state index contributed by atoms with van der Waals surface area (Å²) in [5, 5.41) is 38.8. The van der Waals surface area contributed by atoms with Gasteiger partial charge in [-0.2, -0.15) is 35.1 Å². The molecular formula is C30H28F8N2O10S. The molecule has 2 unspecified atom stereocenters. The van der Waals surface area contributed by atoms with Gasteiger partial charge in [0.25, 0.3) is 0 Å². The summed E-state index contributed by atoms with van der Waals surface area (Å²) in [6.45, 7) is -3.24. The van der Waals surface area contributed by atoms with Crippen LogP contribution in [0.15, 0.2) is 42.7 Å². The van der Waals surface area contributed by atoms with Crippen molar-refractivity contribution in [1.82, 2.24) is 9.97 Å². The summed E-state index contributed by atoms with van der Waals surface area (Å²) in [4.78, 5) is 19.1.